The highest BCUT2D eigenvalue weighted by atomic mass is 127. The van der Waals surface area contributed by atoms with Crippen molar-refractivity contribution >= 4 is 47.4 Å². The van der Waals surface area contributed by atoms with Gasteiger partial charge in [-0.25, -0.2) is 9.37 Å². The van der Waals surface area contributed by atoms with E-state index in [1.54, 1.807) is 13.1 Å². The van der Waals surface area contributed by atoms with Crippen LogP contribution in [0.2, 0.25) is 5.02 Å². The Kier molecular flexibility index (Phi) is 9.42. The van der Waals surface area contributed by atoms with Crippen LogP contribution in [0.1, 0.15) is 24.1 Å². The molecule has 158 valence electrons. The monoisotopic (exact) mass is 531 g/mol. The zero-order valence-electron chi connectivity index (χ0n) is 16.8. The van der Waals surface area contributed by atoms with Gasteiger partial charge in [-0.05, 0) is 56.0 Å². The standard InChI is InChI=1S/C21H27ClFN5.HI/c1-15-4-3-5-20(26-15)28-12-9-18(10-13-28)27-21(24-2)25-11-8-16-6-7-17(23)14-19(16)22;/h3-7,14,18H,8-13H2,1-2H3,(H2,24,25,27);1H. The normalized spacial score (nSPS) is 15.0. The van der Waals surface area contributed by atoms with Crippen LogP contribution >= 0.6 is 35.6 Å². The molecule has 3 rings (SSSR count). The van der Waals surface area contributed by atoms with Crippen molar-refractivity contribution in [2.45, 2.75) is 32.2 Å². The molecule has 0 saturated carbocycles. The van der Waals surface area contributed by atoms with Gasteiger partial charge in [-0.3, -0.25) is 4.99 Å². The molecule has 0 amide bonds. The summed E-state index contributed by atoms with van der Waals surface area (Å²) in [6.07, 6.45) is 2.76. The number of hydrogen-bond donors (Lipinski definition) is 2. The molecule has 1 aliphatic heterocycles. The molecule has 0 aliphatic carbocycles. The Bertz CT molecular complexity index is 824. The second kappa shape index (κ2) is 11.5. The van der Waals surface area contributed by atoms with Crippen LogP contribution in [0.3, 0.4) is 0 Å². The van der Waals surface area contributed by atoms with Gasteiger partial charge >= 0.3 is 0 Å². The second-order valence-corrected chi connectivity index (χ2v) is 7.43. The molecule has 1 aromatic carbocycles. The highest BCUT2D eigenvalue weighted by molar-refractivity contribution is 14.0. The Balaban J connectivity index is 0.00000300. The van der Waals surface area contributed by atoms with Crippen molar-refractivity contribution < 1.29 is 4.39 Å². The van der Waals surface area contributed by atoms with Crippen molar-refractivity contribution in [2.75, 3.05) is 31.6 Å². The molecule has 2 heterocycles. The van der Waals surface area contributed by atoms with Gasteiger partial charge in [0.05, 0.1) is 0 Å². The minimum atomic E-state index is -0.314. The molecule has 0 spiro atoms. The first kappa shape index (κ1) is 23.7. The molecule has 1 saturated heterocycles. The number of nitrogens with zero attached hydrogens (tertiary/aromatic N) is 3. The number of guanidine groups is 1. The summed E-state index contributed by atoms with van der Waals surface area (Å²) in [6.45, 7) is 4.64. The fourth-order valence-corrected chi connectivity index (χ4v) is 3.65. The number of halogens is 3. The topological polar surface area (TPSA) is 52.6 Å². The highest BCUT2D eigenvalue weighted by Crippen LogP contribution is 2.19. The second-order valence-electron chi connectivity index (χ2n) is 7.03. The molecule has 0 radical (unpaired) electrons. The average Bonchev–Trinajstić information content (AvgIpc) is 2.69. The molecule has 8 heteroatoms. The highest BCUT2D eigenvalue weighted by Gasteiger charge is 2.20. The lowest BCUT2D eigenvalue weighted by Crippen LogP contribution is -2.49. The quantitative estimate of drug-likeness (QED) is 0.345. The Morgan fingerprint density at radius 3 is 2.69 bits per heavy atom. The zero-order valence-corrected chi connectivity index (χ0v) is 19.9. The van der Waals surface area contributed by atoms with Crippen LogP contribution in [0.4, 0.5) is 10.2 Å². The van der Waals surface area contributed by atoms with Crippen molar-refractivity contribution in [1.29, 1.82) is 0 Å². The largest absolute Gasteiger partial charge is 0.356 e. The summed E-state index contributed by atoms with van der Waals surface area (Å²) in [6, 6.07) is 11.0. The Morgan fingerprint density at radius 2 is 2.03 bits per heavy atom. The molecule has 29 heavy (non-hydrogen) atoms. The minimum absolute atomic E-state index is 0. The molecule has 2 aromatic rings. The SMILES string of the molecule is CN=C(NCCc1ccc(F)cc1Cl)NC1CCN(c2cccc(C)n2)CC1.I. The van der Waals surface area contributed by atoms with Crippen molar-refractivity contribution in [3.8, 4) is 0 Å². The van der Waals surface area contributed by atoms with Crippen molar-refractivity contribution in [1.82, 2.24) is 15.6 Å². The van der Waals surface area contributed by atoms with E-state index in [1.807, 2.05) is 13.0 Å². The van der Waals surface area contributed by atoms with Crippen LogP contribution in [0.5, 0.6) is 0 Å². The molecular weight excluding hydrogens is 504 g/mol. The Morgan fingerprint density at radius 1 is 1.28 bits per heavy atom. The molecule has 1 fully saturated rings. The number of rotatable bonds is 5. The van der Waals surface area contributed by atoms with Crippen LogP contribution in [-0.2, 0) is 6.42 Å². The van der Waals surface area contributed by atoms with Crippen molar-refractivity contribution in [2.24, 2.45) is 4.99 Å². The third-order valence-corrected chi connectivity index (χ3v) is 5.31. The third-order valence-electron chi connectivity index (χ3n) is 4.96. The summed E-state index contributed by atoms with van der Waals surface area (Å²) in [7, 11) is 1.77. The van der Waals surface area contributed by atoms with E-state index < -0.39 is 0 Å². The van der Waals surface area contributed by atoms with Gasteiger partial charge in [0.1, 0.15) is 11.6 Å². The summed E-state index contributed by atoms with van der Waals surface area (Å²) in [5.41, 5.74) is 1.97. The summed E-state index contributed by atoms with van der Waals surface area (Å²) in [5, 5.41) is 7.28. The number of pyridine rings is 1. The third kappa shape index (κ3) is 6.99. The first-order valence-electron chi connectivity index (χ1n) is 9.65. The van der Waals surface area contributed by atoms with Gasteiger partial charge in [0.2, 0.25) is 0 Å². The van der Waals surface area contributed by atoms with E-state index in [4.69, 9.17) is 11.6 Å². The molecule has 2 N–H and O–H groups in total. The lowest BCUT2D eigenvalue weighted by Gasteiger charge is -2.34. The van der Waals surface area contributed by atoms with Gasteiger partial charge in [0, 0.05) is 43.4 Å². The maximum atomic E-state index is 13.1. The van der Waals surface area contributed by atoms with Crippen LogP contribution in [0.25, 0.3) is 0 Å². The predicted molar refractivity (Wildman–Crippen MR) is 129 cm³/mol. The molecule has 1 aromatic heterocycles. The molecule has 0 atom stereocenters. The van der Waals surface area contributed by atoms with Crippen LogP contribution in [0, 0.1) is 12.7 Å². The number of aliphatic imine (C=N–C) groups is 1. The number of aryl methyl sites for hydroxylation is 1. The van der Waals surface area contributed by atoms with E-state index in [2.05, 4.69) is 37.6 Å². The van der Waals surface area contributed by atoms with Gasteiger partial charge in [0.25, 0.3) is 0 Å². The van der Waals surface area contributed by atoms with E-state index in [9.17, 15) is 4.39 Å². The number of aromatic nitrogens is 1. The first-order chi connectivity index (χ1) is 13.5. The Hall–Kier alpha value is -1.61. The number of anilines is 1. The lowest BCUT2D eigenvalue weighted by atomic mass is 10.1. The van der Waals surface area contributed by atoms with Crippen LogP contribution in [-0.4, -0.2) is 43.7 Å². The number of hydrogen-bond acceptors (Lipinski definition) is 3. The fourth-order valence-electron chi connectivity index (χ4n) is 3.39. The average molecular weight is 532 g/mol. The van der Waals surface area contributed by atoms with E-state index in [0.29, 0.717) is 24.0 Å². The maximum Gasteiger partial charge on any atom is 0.191 e. The van der Waals surface area contributed by atoms with E-state index >= 15 is 0 Å². The van der Waals surface area contributed by atoms with E-state index in [1.165, 1.54) is 12.1 Å². The first-order valence-corrected chi connectivity index (χ1v) is 10.0. The van der Waals surface area contributed by atoms with Gasteiger partial charge in [-0.2, -0.15) is 0 Å². The minimum Gasteiger partial charge on any atom is -0.356 e. The fraction of sp³-hybridized carbons (Fsp3) is 0.429. The molecular formula is C21H28ClFIN5. The van der Waals surface area contributed by atoms with Gasteiger partial charge in [-0.1, -0.05) is 23.7 Å². The van der Waals surface area contributed by atoms with Gasteiger partial charge in [-0.15, -0.1) is 24.0 Å². The summed E-state index contributed by atoms with van der Waals surface area (Å²) < 4.78 is 13.1. The molecule has 1 aliphatic rings. The molecule has 0 unspecified atom stereocenters. The summed E-state index contributed by atoms with van der Waals surface area (Å²) in [5.74, 6) is 1.52. The van der Waals surface area contributed by atoms with E-state index in [-0.39, 0.29) is 29.8 Å². The molecule has 5 nitrogen and oxygen atoms in total. The van der Waals surface area contributed by atoms with Crippen LogP contribution in [0.15, 0.2) is 41.4 Å². The number of benzene rings is 1. The number of nitrogens with one attached hydrogen (secondary N) is 2. The summed E-state index contributed by atoms with van der Waals surface area (Å²) >= 11 is 6.08. The van der Waals surface area contributed by atoms with Crippen LogP contribution < -0.4 is 15.5 Å². The van der Waals surface area contributed by atoms with Gasteiger partial charge in [0.15, 0.2) is 5.96 Å². The lowest BCUT2D eigenvalue weighted by molar-refractivity contribution is 0.459. The molecule has 0 bridgehead atoms. The van der Waals surface area contributed by atoms with Crippen molar-refractivity contribution in [3.05, 3.63) is 58.5 Å². The smallest absolute Gasteiger partial charge is 0.191 e. The predicted octanol–water partition coefficient (Wildman–Crippen LogP) is 4.18. The Labute approximate surface area is 194 Å². The number of piperidine rings is 1. The van der Waals surface area contributed by atoms with Gasteiger partial charge < -0.3 is 15.5 Å². The van der Waals surface area contributed by atoms with Crippen molar-refractivity contribution in [3.63, 3.8) is 0 Å². The summed E-state index contributed by atoms with van der Waals surface area (Å²) in [4.78, 5) is 11.3. The zero-order chi connectivity index (χ0) is 19.9. The maximum absolute atomic E-state index is 13.1. The van der Waals surface area contributed by atoms with E-state index in [0.717, 1.165) is 49.0 Å².